The lowest BCUT2D eigenvalue weighted by Gasteiger charge is -2.20. The van der Waals surface area contributed by atoms with E-state index >= 15 is 0 Å². The number of carbonyl (C=O) groups excluding carboxylic acids is 2. The molecular formula is C18H17N3O5. The van der Waals surface area contributed by atoms with Crippen LogP contribution in [0.4, 0.5) is 17.1 Å². The van der Waals surface area contributed by atoms with Crippen LogP contribution in [-0.4, -0.2) is 29.9 Å². The summed E-state index contributed by atoms with van der Waals surface area (Å²) in [5.74, 6) is 0.00466. The van der Waals surface area contributed by atoms with Crippen LogP contribution in [0.3, 0.4) is 0 Å². The SMILES string of the molecule is O=C(COc1ccc([N+](=O)[O-])cc1)Nc1ccccc1N1CCCC1=O. The smallest absolute Gasteiger partial charge is 0.269 e. The van der Waals surface area contributed by atoms with Gasteiger partial charge in [-0.2, -0.15) is 0 Å². The molecule has 0 aromatic heterocycles. The van der Waals surface area contributed by atoms with Gasteiger partial charge in [0.2, 0.25) is 5.91 Å². The summed E-state index contributed by atoms with van der Waals surface area (Å²) in [6.45, 7) is 0.380. The molecule has 0 unspecified atom stereocenters. The van der Waals surface area contributed by atoms with Gasteiger partial charge in [-0.3, -0.25) is 19.7 Å². The summed E-state index contributed by atoms with van der Waals surface area (Å²) >= 11 is 0. The summed E-state index contributed by atoms with van der Waals surface area (Å²) in [7, 11) is 0. The van der Waals surface area contributed by atoms with Gasteiger partial charge in [-0.05, 0) is 30.7 Å². The van der Waals surface area contributed by atoms with Gasteiger partial charge in [0.25, 0.3) is 11.6 Å². The van der Waals surface area contributed by atoms with E-state index in [2.05, 4.69) is 5.32 Å². The number of nitro groups is 1. The molecule has 8 heteroatoms. The number of hydrogen-bond donors (Lipinski definition) is 1. The van der Waals surface area contributed by atoms with Gasteiger partial charge < -0.3 is 15.0 Å². The minimum Gasteiger partial charge on any atom is -0.484 e. The molecule has 2 aromatic carbocycles. The quantitative estimate of drug-likeness (QED) is 0.634. The summed E-state index contributed by atoms with van der Waals surface area (Å²) in [6, 6.07) is 12.6. The summed E-state index contributed by atoms with van der Waals surface area (Å²) in [5.41, 5.74) is 1.16. The number of para-hydroxylation sites is 2. The van der Waals surface area contributed by atoms with E-state index in [1.165, 1.54) is 24.3 Å². The maximum atomic E-state index is 12.2. The number of ether oxygens (including phenoxy) is 1. The first kappa shape index (κ1) is 17.4. The minimum atomic E-state index is -0.507. The van der Waals surface area contributed by atoms with Crippen LogP contribution in [0.15, 0.2) is 48.5 Å². The Morgan fingerprint density at radius 1 is 1.19 bits per heavy atom. The highest BCUT2D eigenvalue weighted by Gasteiger charge is 2.24. The zero-order valence-corrected chi connectivity index (χ0v) is 13.9. The molecule has 0 spiro atoms. The van der Waals surface area contributed by atoms with Crippen molar-refractivity contribution < 1.29 is 19.2 Å². The fraction of sp³-hybridized carbons (Fsp3) is 0.222. The van der Waals surface area contributed by atoms with Gasteiger partial charge in [0.15, 0.2) is 6.61 Å². The molecule has 134 valence electrons. The number of nitrogens with one attached hydrogen (secondary N) is 1. The third-order valence-corrected chi connectivity index (χ3v) is 3.96. The number of non-ortho nitro benzene ring substituents is 1. The lowest BCUT2D eigenvalue weighted by atomic mass is 10.2. The van der Waals surface area contributed by atoms with Crippen molar-refractivity contribution >= 4 is 28.9 Å². The Labute approximate surface area is 149 Å². The normalized spacial score (nSPS) is 13.5. The molecular weight excluding hydrogens is 338 g/mol. The van der Waals surface area contributed by atoms with E-state index in [0.717, 1.165) is 6.42 Å². The average Bonchev–Trinajstić information content (AvgIpc) is 3.06. The van der Waals surface area contributed by atoms with Crippen molar-refractivity contribution in [2.45, 2.75) is 12.8 Å². The molecule has 2 aromatic rings. The van der Waals surface area contributed by atoms with Crippen molar-refractivity contribution in [3.8, 4) is 5.75 Å². The number of amides is 2. The van der Waals surface area contributed by atoms with Crippen LogP contribution in [0.25, 0.3) is 0 Å². The number of hydrogen-bond acceptors (Lipinski definition) is 5. The zero-order valence-electron chi connectivity index (χ0n) is 13.9. The van der Waals surface area contributed by atoms with Gasteiger partial charge in [-0.1, -0.05) is 12.1 Å². The van der Waals surface area contributed by atoms with Crippen LogP contribution < -0.4 is 15.0 Å². The van der Waals surface area contributed by atoms with Crippen molar-refractivity contribution in [1.29, 1.82) is 0 Å². The molecule has 2 amide bonds. The highest BCUT2D eigenvalue weighted by Crippen LogP contribution is 2.29. The average molecular weight is 355 g/mol. The zero-order chi connectivity index (χ0) is 18.5. The highest BCUT2D eigenvalue weighted by molar-refractivity contribution is 6.02. The largest absolute Gasteiger partial charge is 0.484 e. The molecule has 8 nitrogen and oxygen atoms in total. The molecule has 1 fully saturated rings. The van der Waals surface area contributed by atoms with Crippen molar-refractivity contribution in [2.75, 3.05) is 23.4 Å². The molecule has 0 bridgehead atoms. The second-order valence-electron chi connectivity index (χ2n) is 5.75. The number of rotatable bonds is 6. The molecule has 0 radical (unpaired) electrons. The Bertz CT molecular complexity index is 835. The summed E-state index contributed by atoms with van der Waals surface area (Å²) < 4.78 is 5.35. The predicted octanol–water partition coefficient (Wildman–Crippen LogP) is 2.74. The number of nitro benzene ring substituents is 1. The molecule has 26 heavy (non-hydrogen) atoms. The van der Waals surface area contributed by atoms with Crippen LogP contribution >= 0.6 is 0 Å². The molecule has 0 saturated carbocycles. The lowest BCUT2D eigenvalue weighted by molar-refractivity contribution is -0.384. The van der Waals surface area contributed by atoms with E-state index in [0.29, 0.717) is 30.1 Å². The molecule has 1 saturated heterocycles. The van der Waals surface area contributed by atoms with Crippen molar-refractivity contribution in [3.63, 3.8) is 0 Å². The summed E-state index contributed by atoms with van der Waals surface area (Å²) in [4.78, 5) is 35.9. The van der Waals surface area contributed by atoms with Crippen LogP contribution in [0, 0.1) is 10.1 Å². The fourth-order valence-electron chi connectivity index (χ4n) is 2.72. The number of benzene rings is 2. The first-order chi connectivity index (χ1) is 12.5. The minimum absolute atomic E-state index is 0.0360. The number of nitrogens with zero attached hydrogens (tertiary/aromatic N) is 2. The molecule has 1 heterocycles. The van der Waals surface area contributed by atoms with Gasteiger partial charge >= 0.3 is 0 Å². The van der Waals surface area contributed by atoms with Gasteiger partial charge in [0.05, 0.1) is 16.3 Å². The monoisotopic (exact) mass is 355 g/mol. The fourth-order valence-corrected chi connectivity index (χ4v) is 2.72. The maximum Gasteiger partial charge on any atom is 0.269 e. The lowest BCUT2D eigenvalue weighted by Crippen LogP contribution is -2.26. The summed E-state index contributed by atoms with van der Waals surface area (Å²) in [6.07, 6.45) is 1.30. The molecule has 3 rings (SSSR count). The predicted molar refractivity (Wildman–Crippen MR) is 95.3 cm³/mol. The molecule has 1 aliphatic rings. The van der Waals surface area contributed by atoms with Gasteiger partial charge in [-0.25, -0.2) is 0 Å². The topological polar surface area (TPSA) is 102 Å². The molecule has 0 atom stereocenters. The van der Waals surface area contributed by atoms with Crippen molar-refractivity contribution in [1.82, 2.24) is 0 Å². The van der Waals surface area contributed by atoms with E-state index in [-0.39, 0.29) is 24.1 Å². The van der Waals surface area contributed by atoms with Gasteiger partial charge in [-0.15, -0.1) is 0 Å². The second-order valence-corrected chi connectivity index (χ2v) is 5.75. The Kier molecular flexibility index (Phi) is 5.12. The molecule has 1 N–H and O–H groups in total. The van der Waals surface area contributed by atoms with Crippen LogP contribution in [0.1, 0.15) is 12.8 Å². The van der Waals surface area contributed by atoms with Crippen molar-refractivity contribution in [3.05, 3.63) is 58.6 Å². The third-order valence-electron chi connectivity index (χ3n) is 3.96. The van der Waals surface area contributed by atoms with E-state index in [1.54, 1.807) is 23.1 Å². The third kappa shape index (κ3) is 3.97. The van der Waals surface area contributed by atoms with E-state index < -0.39 is 4.92 Å². The van der Waals surface area contributed by atoms with Crippen LogP contribution in [-0.2, 0) is 9.59 Å². The molecule has 1 aliphatic heterocycles. The van der Waals surface area contributed by atoms with Gasteiger partial charge in [0.1, 0.15) is 5.75 Å². The Balaban J connectivity index is 1.62. The maximum absolute atomic E-state index is 12.2. The first-order valence-corrected chi connectivity index (χ1v) is 8.11. The van der Waals surface area contributed by atoms with Crippen molar-refractivity contribution in [2.24, 2.45) is 0 Å². The highest BCUT2D eigenvalue weighted by atomic mass is 16.6. The van der Waals surface area contributed by atoms with Crippen LogP contribution in [0.2, 0.25) is 0 Å². The Hall–Kier alpha value is -3.42. The Morgan fingerprint density at radius 3 is 2.58 bits per heavy atom. The summed E-state index contributed by atoms with van der Waals surface area (Å²) in [5, 5.41) is 13.4. The van der Waals surface area contributed by atoms with Gasteiger partial charge in [0, 0.05) is 25.1 Å². The van der Waals surface area contributed by atoms with E-state index in [1.807, 2.05) is 6.07 Å². The van der Waals surface area contributed by atoms with E-state index in [9.17, 15) is 19.7 Å². The first-order valence-electron chi connectivity index (χ1n) is 8.11. The van der Waals surface area contributed by atoms with E-state index in [4.69, 9.17) is 4.74 Å². The number of anilines is 2. The van der Waals surface area contributed by atoms with Crippen LogP contribution in [0.5, 0.6) is 5.75 Å². The molecule has 0 aliphatic carbocycles. The number of carbonyl (C=O) groups is 2. The standard InChI is InChI=1S/C18H17N3O5/c22-17(12-26-14-9-7-13(8-10-14)21(24)25)19-15-4-1-2-5-16(15)20-11-3-6-18(20)23/h1-2,4-5,7-10H,3,6,11-12H2,(H,19,22). The Morgan fingerprint density at radius 2 is 1.92 bits per heavy atom. The second kappa shape index (κ2) is 7.64.